The topological polar surface area (TPSA) is 46.5 Å². The molecule has 0 aliphatic rings. The van der Waals surface area contributed by atoms with E-state index in [0.717, 1.165) is 6.42 Å². The van der Waals surface area contributed by atoms with E-state index >= 15 is 0 Å². The van der Waals surface area contributed by atoms with Gasteiger partial charge in [0.05, 0.1) is 0 Å². The third-order valence-electron chi connectivity index (χ3n) is 0.828. The summed E-state index contributed by atoms with van der Waals surface area (Å²) >= 11 is 0. The van der Waals surface area contributed by atoms with Crippen LogP contribution in [0.3, 0.4) is 0 Å². The van der Waals surface area contributed by atoms with Crippen LogP contribution in [0.1, 0.15) is 20.3 Å². The molecule has 0 saturated carbocycles. The quantitative estimate of drug-likeness (QED) is 0.560. The molecule has 3 nitrogen and oxygen atoms in total. The Hall–Kier alpha value is -0.410. The summed E-state index contributed by atoms with van der Waals surface area (Å²) in [5.41, 5.74) is 0. The maximum absolute atomic E-state index is 10.3. The number of aliphatic hydroxyl groups is 1. The predicted molar refractivity (Wildman–Crippen MR) is 32.9 cm³/mol. The minimum absolute atomic E-state index is 0.344. The Balaban J connectivity index is 3.27. The van der Waals surface area contributed by atoms with Crippen LogP contribution in [-0.4, -0.2) is 23.8 Å². The molecule has 0 aliphatic carbocycles. The zero-order valence-corrected chi connectivity index (χ0v) is 5.76. The van der Waals surface area contributed by atoms with Crippen molar-refractivity contribution >= 4 is 5.78 Å². The second-order valence-corrected chi connectivity index (χ2v) is 1.83. The highest BCUT2D eigenvalue weighted by atomic mass is 16.6. The molecule has 0 bridgehead atoms. The van der Waals surface area contributed by atoms with Crippen LogP contribution in [-0.2, 0) is 9.53 Å². The van der Waals surface area contributed by atoms with Crippen molar-refractivity contribution in [3.05, 3.63) is 0 Å². The van der Waals surface area contributed by atoms with E-state index in [9.17, 15) is 4.79 Å². The molecule has 0 spiro atoms. The third kappa shape index (κ3) is 4.12. The van der Waals surface area contributed by atoms with E-state index in [1.807, 2.05) is 6.92 Å². The van der Waals surface area contributed by atoms with Crippen LogP contribution in [0.15, 0.2) is 0 Å². The molecule has 0 aromatic rings. The molecule has 0 aromatic carbocycles. The van der Waals surface area contributed by atoms with E-state index in [0.29, 0.717) is 6.61 Å². The fraction of sp³-hybridized carbons (Fsp3) is 0.833. The molecule has 0 radical (unpaired) electrons. The zero-order chi connectivity index (χ0) is 7.28. The average Bonchev–Trinajstić information content (AvgIpc) is 1.82. The molecule has 1 unspecified atom stereocenters. The molecule has 0 fully saturated rings. The van der Waals surface area contributed by atoms with Crippen LogP contribution >= 0.6 is 0 Å². The average molecular weight is 132 g/mol. The normalized spacial score (nSPS) is 13.2. The van der Waals surface area contributed by atoms with Crippen LogP contribution in [0.25, 0.3) is 0 Å². The van der Waals surface area contributed by atoms with Gasteiger partial charge in [-0.15, -0.1) is 0 Å². The van der Waals surface area contributed by atoms with Gasteiger partial charge in [0.2, 0.25) is 6.29 Å². The van der Waals surface area contributed by atoms with Crippen molar-refractivity contribution in [2.75, 3.05) is 6.61 Å². The van der Waals surface area contributed by atoms with Crippen LogP contribution in [0.5, 0.6) is 0 Å². The van der Waals surface area contributed by atoms with Crippen molar-refractivity contribution in [1.29, 1.82) is 0 Å². The number of carbonyl (C=O) groups excluding carboxylic acids is 1. The van der Waals surface area contributed by atoms with Gasteiger partial charge < -0.3 is 9.84 Å². The van der Waals surface area contributed by atoms with E-state index in [4.69, 9.17) is 5.11 Å². The van der Waals surface area contributed by atoms with Crippen LogP contribution in [0.4, 0.5) is 0 Å². The predicted octanol–water partition coefficient (Wildman–Crippen LogP) is 0.320. The molecule has 0 heterocycles. The van der Waals surface area contributed by atoms with Crippen molar-refractivity contribution < 1.29 is 14.6 Å². The Kier molecular flexibility index (Phi) is 4.26. The number of aliphatic hydroxyl groups excluding tert-OH is 1. The summed E-state index contributed by atoms with van der Waals surface area (Å²) in [6.45, 7) is 3.63. The summed E-state index contributed by atoms with van der Waals surface area (Å²) in [4.78, 5) is 10.3. The standard InChI is InChI=1S/C6H12O3/c1-3-4-9-6(8)5(2)7/h6,8H,3-4H2,1-2H3. The minimum atomic E-state index is -1.22. The fourth-order valence-electron chi connectivity index (χ4n) is 0.347. The third-order valence-corrected chi connectivity index (χ3v) is 0.828. The summed E-state index contributed by atoms with van der Waals surface area (Å²) in [6, 6.07) is 0. The highest BCUT2D eigenvalue weighted by molar-refractivity contribution is 5.78. The van der Waals surface area contributed by atoms with Gasteiger partial charge in [-0.25, -0.2) is 0 Å². The lowest BCUT2D eigenvalue weighted by molar-refractivity contribution is -0.153. The van der Waals surface area contributed by atoms with Gasteiger partial charge in [0.1, 0.15) is 0 Å². The number of carbonyl (C=O) groups is 1. The first-order valence-corrected chi connectivity index (χ1v) is 2.98. The molecule has 9 heavy (non-hydrogen) atoms. The second-order valence-electron chi connectivity index (χ2n) is 1.83. The number of hydrogen-bond acceptors (Lipinski definition) is 3. The molecule has 1 N–H and O–H groups in total. The van der Waals surface area contributed by atoms with E-state index in [1.165, 1.54) is 6.92 Å². The highest BCUT2D eigenvalue weighted by Gasteiger charge is 2.07. The van der Waals surface area contributed by atoms with Gasteiger partial charge >= 0.3 is 0 Å². The lowest BCUT2D eigenvalue weighted by atomic mass is 10.4. The molecule has 0 rings (SSSR count). The number of ketones is 1. The highest BCUT2D eigenvalue weighted by Crippen LogP contribution is 1.89. The molecule has 54 valence electrons. The lowest BCUT2D eigenvalue weighted by Crippen LogP contribution is -2.20. The molecular weight excluding hydrogens is 120 g/mol. The van der Waals surface area contributed by atoms with E-state index in [-0.39, 0.29) is 5.78 Å². The van der Waals surface area contributed by atoms with Crippen molar-refractivity contribution in [2.24, 2.45) is 0 Å². The zero-order valence-electron chi connectivity index (χ0n) is 5.76. The van der Waals surface area contributed by atoms with E-state index in [2.05, 4.69) is 4.74 Å². The fourth-order valence-corrected chi connectivity index (χ4v) is 0.347. The maximum atomic E-state index is 10.3. The van der Waals surface area contributed by atoms with Gasteiger partial charge in [-0.3, -0.25) is 4.79 Å². The number of rotatable bonds is 4. The van der Waals surface area contributed by atoms with Crippen molar-refractivity contribution in [1.82, 2.24) is 0 Å². The summed E-state index contributed by atoms with van der Waals surface area (Å²) in [6.07, 6.45) is -0.408. The molecular formula is C6H12O3. The number of ether oxygens (including phenoxy) is 1. The first kappa shape index (κ1) is 8.59. The van der Waals surface area contributed by atoms with Crippen molar-refractivity contribution in [3.8, 4) is 0 Å². The molecule has 0 aromatic heterocycles. The van der Waals surface area contributed by atoms with Gasteiger partial charge in [-0.1, -0.05) is 6.92 Å². The number of Topliss-reactive ketones (excluding diaryl/α,β-unsaturated/α-hetero) is 1. The maximum Gasteiger partial charge on any atom is 0.214 e. The molecule has 0 saturated heterocycles. The Morgan fingerprint density at radius 2 is 2.33 bits per heavy atom. The first-order valence-electron chi connectivity index (χ1n) is 2.98. The minimum Gasteiger partial charge on any atom is -0.362 e. The van der Waals surface area contributed by atoms with Crippen LogP contribution in [0.2, 0.25) is 0 Å². The van der Waals surface area contributed by atoms with Crippen LogP contribution < -0.4 is 0 Å². The molecule has 0 amide bonds. The molecule has 3 heteroatoms. The smallest absolute Gasteiger partial charge is 0.214 e. The summed E-state index contributed by atoms with van der Waals surface area (Å²) in [7, 11) is 0. The number of hydrogen-bond donors (Lipinski definition) is 1. The van der Waals surface area contributed by atoms with Gasteiger partial charge in [0.15, 0.2) is 5.78 Å². The van der Waals surface area contributed by atoms with Crippen molar-refractivity contribution in [3.63, 3.8) is 0 Å². The Morgan fingerprint density at radius 3 is 2.67 bits per heavy atom. The summed E-state index contributed by atoms with van der Waals surface area (Å²) < 4.78 is 4.66. The summed E-state index contributed by atoms with van der Waals surface area (Å²) in [5, 5.41) is 8.69. The Morgan fingerprint density at radius 1 is 1.78 bits per heavy atom. The SMILES string of the molecule is CCCOC(O)C(C)=O. The van der Waals surface area contributed by atoms with Gasteiger partial charge in [-0.2, -0.15) is 0 Å². The monoisotopic (exact) mass is 132 g/mol. The first-order chi connectivity index (χ1) is 4.18. The van der Waals surface area contributed by atoms with Gasteiger partial charge in [0.25, 0.3) is 0 Å². The van der Waals surface area contributed by atoms with Gasteiger partial charge in [-0.05, 0) is 13.3 Å². The Bertz CT molecular complexity index is 90.3. The largest absolute Gasteiger partial charge is 0.362 e. The summed E-state index contributed by atoms with van der Waals surface area (Å²) in [5.74, 6) is -0.344. The van der Waals surface area contributed by atoms with E-state index < -0.39 is 6.29 Å². The molecule has 0 aliphatic heterocycles. The Labute approximate surface area is 54.6 Å². The van der Waals surface area contributed by atoms with Crippen molar-refractivity contribution in [2.45, 2.75) is 26.6 Å². The molecule has 1 atom stereocenters. The van der Waals surface area contributed by atoms with Gasteiger partial charge in [0, 0.05) is 6.61 Å². The van der Waals surface area contributed by atoms with E-state index in [1.54, 1.807) is 0 Å². The van der Waals surface area contributed by atoms with Crippen LogP contribution in [0, 0.1) is 0 Å². The second kappa shape index (κ2) is 4.47. The lowest BCUT2D eigenvalue weighted by Gasteiger charge is -2.05.